The van der Waals surface area contributed by atoms with Gasteiger partial charge in [0.25, 0.3) is 0 Å². The predicted octanol–water partition coefficient (Wildman–Crippen LogP) is 1.94. The summed E-state index contributed by atoms with van der Waals surface area (Å²) in [6, 6.07) is 8.29. The molecule has 0 saturated heterocycles. The molecule has 0 bridgehead atoms. The Balaban J connectivity index is 1.91. The fourth-order valence-electron chi connectivity index (χ4n) is 2.12. The molecule has 1 saturated carbocycles. The van der Waals surface area contributed by atoms with Gasteiger partial charge in [-0.05, 0) is 31.9 Å². The number of hydrogen-bond donors (Lipinski definition) is 2. The minimum absolute atomic E-state index is 0.0462. The van der Waals surface area contributed by atoms with Gasteiger partial charge in [0.05, 0.1) is 6.42 Å². The second kappa shape index (κ2) is 7.11. The van der Waals surface area contributed by atoms with Crippen LogP contribution in [0.5, 0.6) is 0 Å². The molecule has 1 amide bonds. The molecule has 0 aromatic heterocycles. The molecular weight excluding hydrogens is 268 g/mol. The third-order valence-corrected chi connectivity index (χ3v) is 3.55. The number of carbonyl (C=O) groups is 2. The molecule has 1 aromatic rings. The van der Waals surface area contributed by atoms with Gasteiger partial charge in [0.15, 0.2) is 0 Å². The van der Waals surface area contributed by atoms with E-state index in [9.17, 15) is 9.59 Å². The molecule has 5 nitrogen and oxygen atoms in total. The smallest absolute Gasteiger partial charge is 0.305 e. The van der Waals surface area contributed by atoms with E-state index in [4.69, 9.17) is 5.11 Å². The van der Waals surface area contributed by atoms with E-state index in [0.717, 1.165) is 24.1 Å². The van der Waals surface area contributed by atoms with Gasteiger partial charge in [0.2, 0.25) is 5.91 Å². The SMILES string of the molecule is Cc1ccc(N(CCC(=O)O)CCC(=O)NC2CC2)cc1. The zero-order valence-electron chi connectivity index (χ0n) is 12.3. The third kappa shape index (κ3) is 5.45. The minimum Gasteiger partial charge on any atom is -0.481 e. The molecular formula is C16H22N2O3. The highest BCUT2D eigenvalue weighted by atomic mass is 16.4. The zero-order chi connectivity index (χ0) is 15.2. The Morgan fingerprint density at radius 3 is 2.38 bits per heavy atom. The number of nitrogens with one attached hydrogen (secondary N) is 1. The van der Waals surface area contributed by atoms with Crippen LogP contribution in [0.4, 0.5) is 5.69 Å². The number of nitrogens with zero attached hydrogens (tertiary/aromatic N) is 1. The topological polar surface area (TPSA) is 69.6 Å². The summed E-state index contributed by atoms with van der Waals surface area (Å²) in [6.07, 6.45) is 2.61. The maximum Gasteiger partial charge on any atom is 0.305 e. The van der Waals surface area contributed by atoms with E-state index in [2.05, 4.69) is 5.32 Å². The molecule has 0 heterocycles. The lowest BCUT2D eigenvalue weighted by Crippen LogP contribution is -2.33. The van der Waals surface area contributed by atoms with Crippen molar-refractivity contribution in [2.75, 3.05) is 18.0 Å². The van der Waals surface area contributed by atoms with Crippen LogP contribution in [-0.2, 0) is 9.59 Å². The molecule has 0 unspecified atom stereocenters. The van der Waals surface area contributed by atoms with Crippen molar-refractivity contribution in [1.82, 2.24) is 5.32 Å². The number of amides is 1. The molecule has 0 radical (unpaired) electrons. The van der Waals surface area contributed by atoms with Crippen LogP contribution in [0.1, 0.15) is 31.2 Å². The van der Waals surface area contributed by atoms with E-state index in [0.29, 0.717) is 25.6 Å². The van der Waals surface area contributed by atoms with Gasteiger partial charge < -0.3 is 15.3 Å². The Morgan fingerprint density at radius 2 is 1.81 bits per heavy atom. The van der Waals surface area contributed by atoms with Crippen LogP contribution < -0.4 is 10.2 Å². The number of carboxylic acids is 1. The molecule has 1 aliphatic rings. The molecule has 2 N–H and O–H groups in total. The quantitative estimate of drug-likeness (QED) is 0.767. The number of aliphatic carboxylic acids is 1. The van der Waals surface area contributed by atoms with E-state index in [1.165, 1.54) is 0 Å². The van der Waals surface area contributed by atoms with Crippen molar-refractivity contribution in [3.63, 3.8) is 0 Å². The average Bonchev–Trinajstić information content (AvgIpc) is 3.24. The Morgan fingerprint density at radius 1 is 1.19 bits per heavy atom. The molecule has 114 valence electrons. The van der Waals surface area contributed by atoms with Gasteiger partial charge in [0.1, 0.15) is 0 Å². The van der Waals surface area contributed by atoms with E-state index < -0.39 is 5.97 Å². The number of carboxylic acid groups (broad SMARTS) is 1. The standard InChI is InChI=1S/C16H22N2O3/c1-12-2-6-14(7-3-12)18(11-9-16(20)21)10-8-15(19)17-13-4-5-13/h2-3,6-7,13H,4-5,8-11H2,1H3,(H,17,19)(H,20,21). The number of anilines is 1. The average molecular weight is 290 g/mol. The predicted molar refractivity (Wildman–Crippen MR) is 81.4 cm³/mol. The van der Waals surface area contributed by atoms with E-state index >= 15 is 0 Å². The van der Waals surface area contributed by atoms with Crippen LogP contribution in [0, 0.1) is 6.92 Å². The van der Waals surface area contributed by atoms with Crippen molar-refractivity contribution in [1.29, 1.82) is 0 Å². The summed E-state index contributed by atoms with van der Waals surface area (Å²) in [5.74, 6) is -0.778. The van der Waals surface area contributed by atoms with Crippen LogP contribution in [0.15, 0.2) is 24.3 Å². The maximum atomic E-state index is 11.8. The second-order valence-corrected chi connectivity index (χ2v) is 5.56. The molecule has 0 spiro atoms. The van der Waals surface area contributed by atoms with Crippen molar-refractivity contribution < 1.29 is 14.7 Å². The second-order valence-electron chi connectivity index (χ2n) is 5.56. The highest BCUT2D eigenvalue weighted by molar-refractivity contribution is 5.77. The summed E-state index contributed by atoms with van der Waals surface area (Å²) in [5.41, 5.74) is 2.12. The Labute approximate surface area is 125 Å². The van der Waals surface area contributed by atoms with E-state index in [1.807, 2.05) is 36.1 Å². The van der Waals surface area contributed by atoms with E-state index in [-0.39, 0.29) is 12.3 Å². The highest BCUT2D eigenvalue weighted by Gasteiger charge is 2.23. The van der Waals surface area contributed by atoms with Gasteiger partial charge >= 0.3 is 5.97 Å². The number of benzene rings is 1. The molecule has 1 aliphatic carbocycles. The zero-order valence-corrected chi connectivity index (χ0v) is 12.3. The molecule has 1 aromatic carbocycles. The normalized spacial score (nSPS) is 13.8. The maximum absolute atomic E-state index is 11.8. The summed E-state index contributed by atoms with van der Waals surface area (Å²) in [6.45, 7) is 2.96. The number of rotatable bonds is 8. The summed E-state index contributed by atoms with van der Waals surface area (Å²) >= 11 is 0. The van der Waals surface area contributed by atoms with Gasteiger partial charge in [-0.2, -0.15) is 0 Å². The van der Waals surface area contributed by atoms with Crippen molar-refractivity contribution in [2.45, 2.75) is 38.6 Å². The van der Waals surface area contributed by atoms with Crippen molar-refractivity contribution in [3.05, 3.63) is 29.8 Å². The molecule has 0 atom stereocenters. The molecule has 2 rings (SSSR count). The van der Waals surface area contributed by atoms with Crippen LogP contribution >= 0.6 is 0 Å². The fraction of sp³-hybridized carbons (Fsp3) is 0.500. The molecule has 5 heteroatoms. The Hall–Kier alpha value is -2.04. The van der Waals surface area contributed by atoms with Crippen LogP contribution in [0.25, 0.3) is 0 Å². The van der Waals surface area contributed by atoms with Gasteiger partial charge in [-0.3, -0.25) is 9.59 Å². The lowest BCUT2D eigenvalue weighted by atomic mass is 10.2. The van der Waals surface area contributed by atoms with Crippen molar-refractivity contribution in [2.24, 2.45) is 0 Å². The van der Waals surface area contributed by atoms with Crippen LogP contribution in [0.2, 0.25) is 0 Å². The van der Waals surface area contributed by atoms with Crippen LogP contribution in [-0.4, -0.2) is 36.1 Å². The lowest BCUT2D eigenvalue weighted by Gasteiger charge is -2.24. The first kappa shape index (κ1) is 15.4. The van der Waals surface area contributed by atoms with Gasteiger partial charge in [-0.25, -0.2) is 0 Å². The monoisotopic (exact) mass is 290 g/mol. The van der Waals surface area contributed by atoms with Crippen molar-refractivity contribution >= 4 is 17.6 Å². The molecule has 0 aliphatic heterocycles. The minimum atomic E-state index is -0.824. The first-order chi connectivity index (χ1) is 10.0. The Bertz CT molecular complexity index is 495. The summed E-state index contributed by atoms with van der Waals surface area (Å²) in [7, 11) is 0. The summed E-state index contributed by atoms with van der Waals surface area (Å²) in [4.78, 5) is 24.5. The number of hydrogen-bond acceptors (Lipinski definition) is 3. The molecule has 21 heavy (non-hydrogen) atoms. The summed E-state index contributed by atoms with van der Waals surface area (Å²) < 4.78 is 0. The number of carbonyl (C=O) groups excluding carboxylic acids is 1. The van der Waals surface area contributed by atoms with Crippen LogP contribution in [0.3, 0.4) is 0 Å². The third-order valence-electron chi connectivity index (χ3n) is 3.55. The number of aryl methyl sites for hydroxylation is 1. The van der Waals surface area contributed by atoms with Gasteiger partial charge in [0, 0.05) is 31.2 Å². The summed E-state index contributed by atoms with van der Waals surface area (Å²) in [5, 5.41) is 11.8. The fourth-order valence-corrected chi connectivity index (χ4v) is 2.12. The molecule has 1 fully saturated rings. The Kier molecular flexibility index (Phi) is 5.20. The first-order valence-electron chi connectivity index (χ1n) is 7.37. The first-order valence-corrected chi connectivity index (χ1v) is 7.37. The lowest BCUT2D eigenvalue weighted by molar-refractivity contribution is -0.136. The van der Waals surface area contributed by atoms with E-state index in [1.54, 1.807) is 0 Å². The largest absolute Gasteiger partial charge is 0.481 e. The van der Waals surface area contributed by atoms with Gasteiger partial charge in [-0.15, -0.1) is 0 Å². The van der Waals surface area contributed by atoms with Crippen molar-refractivity contribution in [3.8, 4) is 0 Å². The van der Waals surface area contributed by atoms with Gasteiger partial charge in [-0.1, -0.05) is 17.7 Å². The highest BCUT2D eigenvalue weighted by Crippen LogP contribution is 2.19.